The van der Waals surface area contributed by atoms with Gasteiger partial charge in [-0.1, -0.05) is 36.8 Å². The van der Waals surface area contributed by atoms with Crippen LogP contribution in [0.2, 0.25) is 0 Å². The average molecular weight is 289 g/mol. The molecular weight excluding hydrogens is 262 g/mol. The summed E-state index contributed by atoms with van der Waals surface area (Å²) < 4.78 is 0.580. The minimum Gasteiger partial charge on any atom is -0.313 e. The third kappa shape index (κ3) is 3.23. The van der Waals surface area contributed by atoms with E-state index in [1.54, 1.807) is 5.56 Å². The van der Waals surface area contributed by atoms with E-state index in [-0.39, 0.29) is 0 Å². The average Bonchev–Trinajstić information content (AvgIpc) is 2.48. The standard InChI is InChI=1S/C18H27NS/c1-20-18(12-5-13-18)14-19-17-10-8-16(9-11-17)15-6-3-2-4-7-15/h2-4,6-7,16-17,19H,5,8-14H2,1H3. The molecule has 0 heterocycles. The molecule has 1 aromatic rings. The van der Waals surface area contributed by atoms with Crippen LogP contribution in [-0.4, -0.2) is 23.6 Å². The van der Waals surface area contributed by atoms with Crippen molar-refractivity contribution in [2.24, 2.45) is 0 Å². The first-order valence-corrected chi connectivity index (χ1v) is 9.37. The van der Waals surface area contributed by atoms with Gasteiger partial charge in [-0.25, -0.2) is 0 Å². The third-order valence-corrected chi connectivity index (χ3v) is 6.83. The van der Waals surface area contributed by atoms with Gasteiger partial charge >= 0.3 is 0 Å². The van der Waals surface area contributed by atoms with Crippen molar-refractivity contribution in [1.29, 1.82) is 0 Å². The molecule has 110 valence electrons. The van der Waals surface area contributed by atoms with Gasteiger partial charge in [-0.2, -0.15) is 11.8 Å². The molecule has 1 N–H and O–H groups in total. The molecule has 0 spiro atoms. The highest BCUT2D eigenvalue weighted by Gasteiger charge is 2.36. The van der Waals surface area contributed by atoms with Crippen molar-refractivity contribution in [1.82, 2.24) is 5.32 Å². The van der Waals surface area contributed by atoms with Gasteiger partial charge in [-0.15, -0.1) is 0 Å². The van der Waals surface area contributed by atoms with Crippen molar-refractivity contribution in [2.75, 3.05) is 12.8 Å². The van der Waals surface area contributed by atoms with E-state index in [1.807, 2.05) is 0 Å². The van der Waals surface area contributed by atoms with Gasteiger partial charge in [0.25, 0.3) is 0 Å². The van der Waals surface area contributed by atoms with E-state index in [0.717, 1.165) is 12.0 Å². The van der Waals surface area contributed by atoms with Crippen LogP contribution in [0.5, 0.6) is 0 Å². The molecule has 2 aliphatic carbocycles. The summed E-state index contributed by atoms with van der Waals surface area (Å²) in [5, 5.41) is 3.87. The molecule has 0 aliphatic heterocycles. The molecule has 2 fully saturated rings. The van der Waals surface area contributed by atoms with E-state index in [9.17, 15) is 0 Å². The van der Waals surface area contributed by atoms with Crippen LogP contribution in [0.3, 0.4) is 0 Å². The summed E-state index contributed by atoms with van der Waals surface area (Å²) in [6, 6.07) is 11.8. The number of thioether (sulfide) groups is 1. The lowest BCUT2D eigenvalue weighted by atomic mass is 9.80. The smallest absolute Gasteiger partial charge is 0.0281 e. The molecule has 2 saturated carbocycles. The van der Waals surface area contributed by atoms with E-state index in [1.165, 1.54) is 51.5 Å². The molecule has 1 nitrogen and oxygen atoms in total. The molecule has 2 aliphatic rings. The second-order valence-electron chi connectivity index (χ2n) is 6.58. The van der Waals surface area contributed by atoms with Crippen LogP contribution >= 0.6 is 11.8 Å². The second-order valence-corrected chi connectivity index (χ2v) is 7.86. The summed E-state index contributed by atoms with van der Waals surface area (Å²) in [5.41, 5.74) is 1.55. The summed E-state index contributed by atoms with van der Waals surface area (Å²) in [4.78, 5) is 0. The van der Waals surface area contributed by atoms with Crippen LogP contribution in [0.4, 0.5) is 0 Å². The summed E-state index contributed by atoms with van der Waals surface area (Å²) in [7, 11) is 0. The Hall–Kier alpha value is -0.470. The zero-order valence-electron chi connectivity index (χ0n) is 12.6. The number of nitrogens with one attached hydrogen (secondary N) is 1. The highest BCUT2D eigenvalue weighted by molar-refractivity contribution is 8.00. The van der Waals surface area contributed by atoms with Crippen LogP contribution in [0.25, 0.3) is 0 Å². The maximum atomic E-state index is 3.87. The molecule has 20 heavy (non-hydrogen) atoms. The van der Waals surface area contributed by atoms with Crippen molar-refractivity contribution in [3.8, 4) is 0 Å². The Morgan fingerprint density at radius 1 is 1.10 bits per heavy atom. The number of hydrogen-bond acceptors (Lipinski definition) is 2. The van der Waals surface area contributed by atoms with Gasteiger partial charge in [-0.3, -0.25) is 0 Å². The first-order chi connectivity index (χ1) is 9.81. The first-order valence-electron chi connectivity index (χ1n) is 8.15. The molecule has 0 aromatic heterocycles. The topological polar surface area (TPSA) is 12.0 Å². The Morgan fingerprint density at radius 2 is 1.80 bits per heavy atom. The van der Waals surface area contributed by atoms with Gasteiger partial charge in [0.05, 0.1) is 0 Å². The molecule has 3 rings (SSSR count). The predicted octanol–water partition coefficient (Wildman–Crippen LogP) is 4.59. The van der Waals surface area contributed by atoms with Crippen molar-refractivity contribution in [2.45, 2.75) is 61.7 Å². The Balaban J connectivity index is 1.44. The summed E-state index contributed by atoms with van der Waals surface area (Å²) in [6.07, 6.45) is 12.0. The number of benzene rings is 1. The Labute approximate surface area is 127 Å². The van der Waals surface area contributed by atoms with Crippen LogP contribution in [-0.2, 0) is 0 Å². The number of hydrogen-bond donors (Lipinski definition) is 1. The Bertz CT molecular complexity index is 399. The largest absolute Gasteiger partial charge is 0.313 e. The van der Waals surface area contributed by atoms with Crippen LogP contribution < -0.4 is 5.32 Å². The van der Waals surface area contributed by atoms with Crippen molar-refractivity contribution < 1.29 is 0 Å². The van der Waals surface area contributed by atoms with Gasteiger partial charge in [0.15, 0.2) is 0 Å². The highest BCUT2D eigenvalue weighted by atomic mass is 32.2. The van der Waals surface area contributed by atoms with E-state index >= 15 is 0 Å². The summed E-state index contributed by atoms with van der Waals surface area (Å²) >= 11 is 2.08. The summed E-state index contributed by atoms with van der Waals surface area (Å²) in [5.74, 6) is 0.799. The molecule has 0 radical (unpaired) electrons. The minimum atomic E-state index is 0.580. The van der Waals surface area contributed by atoms with Gasteiger partial charge in [-0.05, 0) is 56.3 Å². The van der Waals surface area contributed by atoms with E-state index < -0.39 is 0 Å². The minimum absolute atomic E-state index is 0.580. The van der Waals surface area contributed by atoms with Crippen molar-refractivity contribution in [3.05, 3.63) is 35.9 Å². The Kier molecular flexibility index (Phi) is 4.72. The predicted molar refractivity (Wildman–Crippen MR) is 89.5 cm³/mol. The molecule has 0 amide bonds. The second kappa shape index (κ2) is 6.53. The normalized spacial score (nSPS) is 28.9. The molecular formula is C18H27NS. The van der Waals surface area contributed by atoms with Crippen molar-refractivity contribution in [3.63, 3.8) is 0 Å². The fraction of sp³-hybridized carbons (Fsp3) is 0.667. The lowest BCUT2D eigenvalue weighted by Crippen LogP contribution is -2.47. The van der Waals surface area contributed by atoms with Crippen LogP contribution in [0, 0.1) is 0 Å². The molecule has 2 heteroatoms. The van der Waals surface area contributed by atoms with Gasteiger partial charge in [0.2, 0.25) is 0 Å². The number of rotatable bonds is 5. The zero-order chi connectivity index (χ0) is 13.8. The van der Waals surface area contributed by atoms with Crippen LogP contribution in [0.1, 0.15) is 56.4 Å². The van der Waals surface area contributed by atoms with Gasteiger partial charge in [0, 0.05) is 17.3 Å². The fourth-order valence-corrected chi connectivity index (χ4v) is 4.64. The van der Waals surface area contributed by atoms with Gasteiger partial charge < -0.3 is 5.32 Å². The van der Waals surface area contributed by atoms with E-state index in [0.29, 0.717) is 4.75 Å². The first kappa shape index (κ1) is 14.5. The molecule has 1 aromatic carbocycles. The SMILES string of the molecule is CSC1(CNC2CCC(c3ccccc3)CC2)CCC1. The quantitative estimate of drug-likeness (QED) is 0.851. The lowest BCUT2D eigenvalue weighted by Gasteiger charge is -2.42. The summed E-state index contributed by atoms with van der Waals surface area (Å²) in [6.45, 7) is 1.23. The zero-order valence-corrected chi connectivity index (χ0v) is 13.4. The molecule has 0 bridgehead atoms. The fourth-order valence-electron chi connectivity index (χ4n) is 3.71. The monoisotopic (exact) mass is 289 g/mol. The van der Waals surface area contributed by atoms with Gasteiger partial charge in [0.1, 0.15) is 0 Å². The third-order valence-electron chi connectivity index (χ3n) is 5.41. The van der Waals surface area contributed by atoms with E-state index in [2.05, 4.69) is 53.7 Å². The van der Waals surface area contributed by atoms with Crippen molar-refractivity contribution >= 4 is 11.8 Å². The van der Waals surface area contributed by atoms with E-state index in [4.69, 9.17) is 0 Å². The maximum absolute atomic E-state index is 3.87. The lowest BCUT2D eigenvalue weighted by molar-refractivity contribution is 0.291. The highest BCUT2D eigenvalue weighted by Crippen LogP contribution is 2.42. The Morgan fingerprint density at radius 3 is 2.35 bits per heavy atom. The molecule has 0 saturated heterocycles. The molecule has 0 atom stereocenters. The van der Waals surface area contributed by atoms with Crippen LogP contribution in [0.15, 0.2) is 30.3 Å². The molecule has 0 unspecified atom stereocenters. The maximum Gasteiger partial charge on any atom is 0.0281 e.